The minimum atomic E-state index is -0.375. The van der Waals surface area contributed by atoms with Crippen molar-refractivity contribution in [1.82, 2.24) is 19.5 Å². The standard InChI is InChI=1S/C17H22N6O2/c1-16(2)6-12-7-17(3,8-16)9-22(12)15-13(23(24)25)14(19-10-20-15)21-5-4-18-11-21/h4-5,10-12H,6-9H2,1-3H3. The molecule has 3 heterocycles. The van der Waals surface area contributed by atoms with Crippen molar-refractivity contribution in [1.29, 1.82) is 0 Å². The van der Waals surface area contributed by atoms with Crippen LogP contribution in [0.3, 0.4) is 0 Å². The summed E-state index contributed by atoms with van der Waals surface area (Å²) in [5.74, 6) is 0.688. The van der Waals surface area contributed by atoms with Gasteiger partial charge in [-0.3, -0.25) is 14.7 Å². The molecule has 1 saturated carbocycles. The SMILES string of the molecule is CC1(C)CC2CC(C)(CN2c2ncnc(-n3ccnc3)c2[N+](=O)[O-])C1. The van der Waals surface area contributed by atoms with Gasteiger partial charge < -0.3 is 4.90 Å². The Labute approximate surface area is 146 Å². The van der Waals surface area contributed by atoms with Crippen LogP contribution in [0.2, 0.25) is 0 Å². The van der Waals surface area contributed by atoms with E-state index in [4.69, 9.17) is 0 Å². The minimum absolute atomic E-state index is 0.0468. The van der Waals surface area contributed by atoms with Gasteiger partial charge in [-0.1, -0.05) is 20.8 Å². The predicted molar refractivity (Wildman–Crippen MR) is 92.7 cm³/mol. The highest BCUT2D eigenvalue weighted by atomic mass is 16.6. The van der Waals surface area contributed by atoms with Gasteiger partial charge in [0.2, 0.25) is 11.6 Å². The first-order valence-corrected chi connectivity index (χ1v) is 8.52. The summed E-state index contributed by atoms with van der Waals surface area (Å²) < 4.78 is 1.57. The Morgan fingerprint density at radius 3 is 2.68 bits per heavy atom. The molecule has 25 heavy (non-hydrogen) atoms. The topological polar surface area (TPSA) is 90.0 Å². The molecule has 8 heteroatoms. The second kappa shape index (κ2) is 5.24. The smallest absolute Gasteiger partial charge is 0.347 e. The van der Waals surface area contributed by atoms with E-state index >= 15 is 0 Å². The quantitative estimate of drug-likeness (QED) is 0.629. The molecule has 2 aromatic rings. The number of hydrogen-bond donors (Lipinski definition) is 0. The number of imidazole rings is 1. The maximum atomic E-state index is 11.9. The Balaban J connectivity index is 1.82. The van der Waals surface area contributed by atoms with Gasteiger partial charge in [0.05, 0.1) is 4.92 Å². The maximum Gasteiger partial charge on any atom is 0.354 e. The van der Waals surface area contributed by atoms with Gasteiger partial charge in [0.15, 0.2) is 0 Å². The maximum absolute atomic E-state index is 11.9. The number of hydrogen-bond acceptors (Lipinski definition) is 6. The molecule has 2 unspecified atom stereocenters. The van der Waals surface area contributed by atoms with E-state index in [1.807, 2.05) is 0 Å². The van der Waals surface area contributed by atoms with Gasteiger partial charge >= 0.3 is 5.69 Å². The number of anilines is 1. The third-order valence-electron chi connectivity index (χ3n) is 5.40. The molecule has 0 aromatic carbocycles. The molecule has 0 radical (unpaired) electrons. The van der Waals surface area contributed by atoms with E-state index in [2.05, 4.69) is 40.6 Å². The van der Waals surface area contributed by atoms with E-state index in [9.17, 15) is 10.1 Å². The van der Waals surface area contributed by atoms with Crippen LogP contribution in [0.25, 0.3) is 5.82 Å². The summed E-state index contributed by atoms with van der Waals surface area (Å²) in [6.07, 6.45) is 9.37. The van der Waals surface area contributed by atoms with Crippen molar-refractivity contribution in [2.24, 2.45) is 10.8 Å². The molecule has 0 N–H and O–H groups in total. The van der Waals surface area contributed by atoms with Crippen LogP contribution in [0.15, 0.2) is 25.0 Å². The lowest BCUT2D eigenvalue weighted by atomic mass is 9.65. The summed E-state index contributed by atoms with van der Waals surface area (Å²) in [4.78, 5) is 26.1. The van der Waals surface area contributed by atoms with E-state index in [-0.39, 0.29) is 33.3 Å². The van der Waals surface area contributed by atoms with E-state index in [1.165, 1.54) is 12.7 Å². The Hall–Kier alpha value is -2.51. The molecule has 1 aliphatic heterocycles. The molecular weight excluding hydrogens is 320 g/mol. The first kappa shape index (κ1) is 16.0. The van der Waals surface area contributed by atoms with Gasteiger partial charge in [-0.15, -0.1) is 0 Å². The van der Waals surface area contributed by atoms with Gasteiger partial charge in [-0.25, -0.2) is 15.0 Å². The summed E-state index contributed by atoms with van der Waals surface area (Å²) in [5.41, 5.74) is 0.358. The fraction of sp³-hybridized carbons (Fsp3) is 0.588. The predicted octanol–water partition coefficient (Wildman–Crippen LogP) is 2.98. The first-order chi connectivity index (χ1) is 11.8. The van der Waals surface area contributed by atoms with Crippen LogP contribution in [0.1, 0.15) is 40.0 Å². The lowest BCUT2D eigenvalue weighted by molar-refractivity contribution is -0.384. The van der Waals surface area contributed by atoms with Crippen molar-refractivity contribution in [2.45, 2.75) is 46.1 Å². The van der Waals surface area contributed by atoms with Crippen LogP contribution in [-0.4, -0.2) is 37.0 Å². The second-order valence-corrected chi connectivity index (χ2v) is 8.44. The highest BCUT2D eigenvalue weighted by Crippen LogP contribution is 2.54. The Morgan fingerprint density at radius 1 is 1.24 bits per heavy atom. The van der Waals surface area contributed by atoms with Gasteiger partial charge in [-0.05, 0) is 30.1 Å². The van der Waals surface area contributed by atoms with Gasteiger partial charge in [0, 0.05) is 25.0 Å². The van der Waals surface area contributed by atoms with Gasteiger partial charge in [-0.2, -0.15) is 0 Å². The molecule has 8 nitrogen and oxygen atoms in total. The van der Waals surface area contributed by atoms with Crippen LogP contribution in [0.4, 0.5) is 11.5 Å². The van der Waals surface area contributed by atoms with Crippen LogP contribution in [0, 0.1) is 20.9 Å². The van der Waals surface area contributed by atoms with E-state index in [0.29, 0.717) is 5.82 Å². The monoisotopic (exact) mass is 342 g/mol. The summed E-state index contributed by atoms with van der Waals surface area (Å²) in [5, 5.41) is 11.9. The van der Waals surface area contributed by atoms with Crippen LogP contribution in [0.5, 0.6) is 0 Å². The summed E-state index contributed by atoms with van der Waals surface area (Å²) in [6.45, 7) is 7.64. The largest absolute Gasteiger partial charge is 0.354 e. The molecule has 2 fully saturated rings. The zero-order valence-electron chi connectivity index (χ0n) is 14.7. The molecule has 2 aliphatic rings. The number of fused-ring (bicyclic) bond motifs is 2. The van der Waals surface area contributed by atoms with E-state index in [0.717, 1.165) is 25.8 Å². The third-order valence-corrected chi connectivity index (χ3v) is 5.40. The van der Waals surface area contributed by atoms with E-state index < -0.39 is 0 Å². The van der Waals surface area contributed by atoms with Crippen LogP contribution in [-0.2, 0) is 0 Å². The fourth-order valence-electron chi connectivity index (χ4n) is 5.01. The van der Waals surface area contributed by atoms with E-state index in [1.54, 1.807) is 17.0 Å². The molecule has 1 aliphatic carbocycles. The average Bonchev–Trinajstić information content (AvgIpc) is 3.11. The Bertz CT molecular complexity index is 819. The summed E-state index contributed by atoms with van der Waals surface area (Å²) in [7, 11) is 0. The van der Waals surface area contributed by atoms with Crippen molar-refractivity contribution >= 4 is 11.5 Å². The number of nitrogens with zero attached hydrogens (tertiary/aromatic N) is 6. The molecule has 2 aromatic heterocycles. The molecular formula is C17H22N6O2. The van der Waals surface area contributed by atoms with Crippen molar-refractivity contribution in [3.8, 4) is 5.82 Å². The number of rotatable bonds is 3. The Morgan fingerprint density at radius 2 is 2.00 bits per heavy atom. The normalized spacial score (nSPS) is 27.5. The zero-order valence-corrected chi connectivity index (χ0v) is 14.7. The Kier molecular flexibility index (Phi) is 3.35. The van der Waals surface area contributed by atoms with Crippen molar-refractivity contribution in [2.75, 3.05) is 11.4 Å². The molecule has 2 bridgehead atoms. The second-order valence-electron chi connectivity index (χ2n) is 8.44. The molecule has 0 amide bonds. The van der Waals surface area contributed by atoms with Crippen molar-refractivity contribution in [3.05, 3.63) is 35.2 Å². The van der Waals surface area contributed by atoms with Gasteiger partial charge in [0.1, 0.15) is 12.7 Å². The highest BCUT2D eigenvalue weighted by Gasteiger charge is 2.51. The fourth-order valence-corrected chi connectivity index (χ4v) is 5.01. The summed E-state index contributed by atoms with van der Waals surface area (Å²) in [6, 6.07) is 0.276. The van der Waals surface area contributed by atoms with Crippen molar-refractivity contribution < 1.29 is 4.92 Å². The van der Waals surface area contributed by atoms with Crippen LogP contribution >= 0.6 is 0 Å². The molecule has 132 valence electrons. The van der Waals surface area contributed by atoms with Gasteiger partial charge in [0.25, 0.3) is 0 Å². The lowest BCUT2D eigenvalue weighted by Crippen LogP contribution is -2.35. The highest BCUT2D eigenvalue weighted by molar-refractivity contribution is 5.66. The molecule has 4 rings (SSSR count). The molecule has 1 saturated heterocycles. The molecule has 0 spiro atoms. The molecule has 2 atom stereocenters. The lowest BCUT2D eigenvalue weighted by Gasteiger charge is -2.39. The number of nitro groups is 1. The minimum Gasteiger partial charge on any atom is -0.347 e. The summed E-state index contributed by atoms with van der Waals surface area (Å²) >= 11 is 0. The van der Waals surface area contributed by atoms with Crippen molar-refractivity contribution in [3.63, 3.8) is 0 Å². The zero-order chi connectivity index (χ0) is 17.8. The third kappa shape index (κ3) is 2.65. The average molecular weight is 342 g/mol. The number of aromatic nitrogens is 4. The van der Waals surface area contributed by atoms with Crippen LogP contribution < -0.4 is 4.90 Å². The first-order valence-electron chi connectivity index (χ1n) is 8.52.